The van der Waals surface area contributed by atoms with Gasteiger partial charge in [-0.15, -0.1) is 11.3 Å². The number of carbonyl (C=O) groups excluding carboxylic acids is 3. The van der Waals surface area contributed by atoms with Crippen LogP contribution in [0.3, 0.4) is 0 Å². The number of fused-ring (bicyclic) bond motifs is 2. The van der Waals surface area contributed by atoms with E-state index in [1.54, 1.807) is 11.3 Å². The van der Waals surface area contributed by atoms with Crippen molar-refractivity contribution in [3.8, 4) is 0 Å². The fourth-order valence-electron chi connectivity index (χ4n) is 4.13. The van der Waals surface area contributed by atoms with Crippen molar-refractivity contribution in [1.82, 2.24) is 10.2 Å². The van der Waals surface area contributed by atoms with Crippen LogP contribution in [0.2, 0.25) is 0 Å². The Morgan fingerprint density at radius 2 is 2.07 bits per heavy atom. The Morgan fingerprint density at radius 3 is 2.86 bits per heavy atom. The SMILES string of the molecule is CC(C)c1ccccc1NC(=O)CN1C(=O)N[C@@]2(CCCc3sccc32)C1=O. The molecule has 7 heteroatoms. The third kappa shape index (κ3) is 2.99. The van der Waals surface area contributed by atoms with Crippen LogP contribution in [0.1, 0.15) is 48.6 Å². The van der Waals surface area contributed by atoms with Gasteiger partial charge in [-0.2, -0.15) is 0 Å². The van der Waals surface area contributed by atoms with Gasteiger partial charge >= 0.3 is 6.03 Å². The molecule has 1 aliphatic carbocycles. The van der Waals surface area contributed by atoms with Gasteiger partial charge in [-0.25, -0.2) is 4.79 Å². The van der Waals surface area contributed by atoms with Crippen molar-refractivity contribution in [2.75, 3.05) is 11.9 Å². The number of anilines is 1. The normalized spacial score (nSPS) is 21.2. The molecule has 2 aliphatic rings. The molecule has 1 fully saturated rings. The van der Waals surface area contributed by atoms with Gasteiger partial charge < -0.3 is 10.6 Å². The molecule has 0 bridgehead atoms. The summed E-state index contributed by atoms with van der Waals surface area (Å²) in [5.74, 6) is -0.463. The van der Waals surface area contributed by atoms with Crippen LogP contribution in [0, 0.1) is 0 Å². The number of hydrogen-bond acceptors (Lipinski definition) is 4. The molecule has 1 spiro atoms. The number of carbonyl (C=O) groups is 3. The Morgan fingerprint density at radius 1 is 1.29 bits per heavy atom. The fraction of sp³-hybridized carbons (Fsp3) is 0.381. The number of imide groups is 1. The summed E-state index contributed by atoms with van der Waals surface area (Å²) < 4.78 is 0. The van der Waals surface area contributed by atoms with Crippen LogP contribution >= 0.6 is 11.3 Å². The lowest BCUT2D eigenvalue weighted by atomic mass is 9.80. The highest BCUT2D eigenvalue weighted by molar-refractivity contribution is 7.10. The molecule has 4 rings (SSSR count). The molecule has 6 nitrogen and oxygen atoms in total. The van der Waals surface area contributed by atoms with E-state index in [0.29, 0.717) is 12.1 Å². The first-order valence-corrected chi connectivity index (χ1v) is 10.4. The van der Waals surface area contributed by atoms with Gasteiger partial charge in [0.25, 0.3) is 5.91 Å². The molecular formula is C21H23N3O3S. The van der Waals surface area contributed by atoms with Gasteiger partial charge in [0.15, 0.2) is 0 Å². The van der Waals surface area contributed by atoms with Gasteiger partial charge in [0.1, 0.15) is 12.1 Å². The molecule has 0 saturated carbocycles. The molecular weight excluding hydrogens is 374 g/mol. The van der Waals surface area contributed by atoms with E-state index >= 15 is 0 Å². The van der Waals surface area contributed by atoms with E-state index in [-0.39, 0.29) is 24.3 Å². The molecule has 146 valence electrons. The van der Waals surface area contributed by atoms with E-state index in [0.717, 1.165) is 33.7 Å². The summed E-state index contributed by atoms with van der Waals surface area (Å²) in [6.45, 7) is 3.81. The van der Waals surface area contributed by atoms with Crippen molar-refractivity contribution >= 4 is 34.9 Å². The second-order valence-electron chi connectivity index (χ2n) is 7.63. The number of rotatable bonds is 4. The van der Waals surface area contributed by atoms with E-state index in [2.05, 4.69) is 10.6 Å². The van der Waals surface area contributed by atoms with Crippen molar-refractivity contribution in [2.24, 2.45) is 0 Å². The maximum Gasteiger partial charge on any atom is 0.325 e. The average molecular weight is 398 g/mol. The minimum absolute atomic E-state index is 0.246. The van der Waals surface area contributed by atoms with E-state index in [9.17, 15) is 14.4 Å². The molecule has 4 amide bonds. The fourth-order valence-corrected chi connectivity index (χ4v) is 5.13. The smallest absolute Gasteiger partial charge is 0.324 e. The Balaban J connectivity index is 1.53. The minimum atomic E-state index is -1.01. The number of aryl methyl sites for hydroxylation is 1. The molecule has 1 atom stereocenters. The molecule has 2 N–H and O–H groups in total. The van der Waals surface area contributed by atoms with E-state index in [1.807, 2.05) is 49.6 Å². The highest BCUT2D eigenvalue weighted by Crippen LogP contribution is 2.42. The van der Waals surface area contributed by atoms with Gasteiger partial charge in [0.05, 0.1) is 0 Å². The predicted molar refractivity (Wildman–Crippen MR) is 108 cm³/mol. The maximum absolute atomic E-state index is 13.2. The Bertz CT molecular complexity index is 952. The van der Waals surface area contributed by atoms with Crippen LogP contribution in [0.25, 0.3) is 0 Å². The zero-order valence-corrected chi connectivity index (χ0v) is 16.8. The van der Waals surface area contributed by atoms with Crippen molar-refractivity contribution < 1.29 is 14.4 Å². The largest absolute Gasteiger partial charge is 0.325 e. The summed E-state index contributed by atoms with van der Waals surface area (Å²) >= 11 is 1.61. The Labute approximate surface area is 167 Å². The highest BCUT2D eigenvalue weighted by Gasteiger charge is 2.54. The number of thiophene rings is 1. The lowest BCUT2D eigenvalue weighted by Crippen LogP contribution is -2.46. The second kappa shape index (κ2) is 7.05. The van der Waals surface area contributed by atoms with E-state index in [4.69, 9.17) is 0 Å². The summed E-state index contributed by atoms with van der Waals surface area (Å²) in [5, 5.41) is 7.68. The van der Waals surface area contributed by atoms with Crippen LogP contribution in [0.4, 0.5) is 10.5 Å². The van der Waals surface area contributed by atoms with Gasteiger partial charge in [-0.1, -0.05) is 32.0 Å². The number of para-hydroxylation sites is 1. The number of amides is 4. The molecule has 2 heterocycles. The number of urea groups is 1. The van der Waals surface area contributed by atoms with E-state index in [1.165, 1.54) is 0 Å². The van der Waals surface area contributed by atoms with Crippen LogP contribution in [0.15, 0.2) is 35.7 Å². The lowest BCUT2D eigenvalue weighted by Gasteiger charge is -2.31. The van der Waals surface area contributed by atoms with Gasteiger partial charge in [-0.3, -0.25) is 14.5 Å². The number of hydrogen-bond donors (Lipinski definition) is 2. The van der Waals surface area contributed by atoms with Crippen molar-refractivity contribution in [1.29, 1.82) is 0 Å². The summed E-state index contributed by atoms with van der Waals surface area (Å²) in [7, 11) is 0. The van der Waals surface area contributed by atoms with Crippen LogP contribution in [0.5, 0.6) is 0 Å². The van der Waals surface area contributed by atoms with Crippen LogP contribution in [-0.2, 0) is 21.5 Å². The molecule has 1 saturated heterocycles. The molecule has 28 heavy (non-hydrogen) atoms. The molecule has 1 aromatic heterocycles. The zero-order chi connectivity index (χ0) is 19.9. The minimum Gasteiger partial charge on any atom is -0.324 e. The average Bonchev–Trinajstić information content (AvgIpc) is 3.23. The first kappa shape index (κ1) is 18.7. The zero-order valence-electron chi connectivity index (χ0n) is 16.0. The number of nitrogens with zero attached hydrogens (tertiary/aromatic N) is 1. The summed E-state index contributed by atoms with van der Waals surface area (Å²) in [6, 6.07) is 8.98. The first-order valence-electron chi connectivity index (χ1n) is 9.52. The lowest BCUT2D eigenvalue weighted by molar-refractivity contribution is -0.134. The first-order chi connectivity index (χ1) is 13.4. The third-order valence-electron chi connectivity index (χ3n) is 5.50. The Hall–Kier alpha value is -2.67. The summed E-state index contributed by atoms with van der Waals surface area (Å²) in [5.41, 5.74) is 1.60. The molecule has 1 aliphatic heterocycles. The summed E-state index contributed by atoms with van der Waals surface area (Å²) in [4.78, 5) is 40.6. The molecule has 0 radical (unpaired) electrons. The maximum atomic E-state index is 13.2. The number of nitrogens with one attached hydrogen (secondary N) is 2. The summed E-state index contributed by atoms with van der Waals surface area (Å²) in [6.07, 6.45) is 2.32. The monoisotopic (exact) mass is 397 g/mol. The highest BCUT2D eigenvalue weighted by atomic mass is 32.1. The molecule has 0 unspecified atom stereocenters. The number of benzene rings is 1. The van der Waals surface area contributed by atoms with Gasteiger partial charge in [0.2, 0.25) is 5.91 Å². The van der Waals surface area contributed by atoms with Crippen molar-refractivity contribution in [3.63, 3.8) is 0 Å². The quantitative estimate of drug-likeness (QED) is 0.774. The topological polar surface area (TPSA) is 78.5 Å². The van der Waals surface area contributed by atoms with Gasteiger partial charge in [-0.05, 0) is 48.3 Å². The third-order valence-corrected chi connectivity index (χ3v) is 6.48. The molecule has 1 aromatic carbocycles. The van der Waals surface area contributed by atoms with Crippen molar-refractivity contribution in [3.05, 3.63) is 51.7 Å². The van der Waals surface area contributed by atoms with Crippen LogP contribution < -0.4 is 10.6 Å². The van der Waals surface area contributed by atoms with E-state index < -0.39 is 11.6 Å². The van der Waals surface area contributed by atoms with Crippen molar-refractivity contribution in [2.45, 2.75) is 44.6 Å². The predicted octanol–water partition coefficient (Wildman–Crippen LogP) is 3.59. The molecule has 2 aromatic rings. The van der Waals surface area contributed by atoms with Gasteiger partial charge in [0, 0.05) is 16.1 Å². The second-order valence-corrected chi connectivity index (χ2v) is 8.63. The standard InChI is InChI=1S/C21H23N3O3S/c1-13(2)14-6-3-4-7-16(14)22-18(25)12-24-19(26)21(23-20(24)27)10-5-8-17-15(21)9-11-28-17/h3-4,6-7,9,11,13H,5,8,10,12H2,1-2H3,(H,22,25)(H,23,27)/t21-/m1/s1. The van der Waals surface area contributed by atoms with Crippen LogP contribution in [-0.4, -0.2) is 29.3 Å². The Kier molecular flexibility index (Phi) is 4.71.